The lowest BCUT2D eigenvalue weighted by atomic mass is 10.0. The Balaban J connectivity index is 1.73. The minimum Gasteiger partial charge on any atom is -0.477 e. The van der Waals surface area contributed by atoms with Crippen molar-refractivity contribution in [3.8, 4) is 5.75 Å². The second-order valence-electron chi connectivity index (χ2n) is 6.92. The third-order valence-corrected chi connectivity index (χ3v) is 5.01. The van der Waals surface area contributed by atoms with Crippen molar-refractivity contribution in [3.05, 3.63) is 59.2 Å². The maximum Gasteiger partial charge on any atom is 0.262 e. The van der Waals surface area contributed by atoms with Crippen LogP contribution in [0, 0.1) is 13.8 Å². The van der Waals surface area contributed by atoms with Crippen LogP contribution < -0.4 is 15.0 Å². The fraction of sp³-hybridized carbons (Fsp3) is 0.318. The van der Waals surface area contributed by atoms with Gasteiger partial charge in [0.15, 0.2) is 11.9 Å². The van der Waals surface area contributed by atoms with Crippen molar-refractivity contribution in [2.24, 2.45) is 0 Å². The SMILES string of the molecule is CNC(=O)[C@H]1CN(C(=O)CCC(=O)c2ccc(C)c(C)c2)c2ccccc2O1. The topological polar surface area (TPSA) is 75.7 Å². The summed E-state index contributed by atoms with van der Waals surface area (Å²) in [5, 5.41) is 2.55. The van der Waals surface area contributed by atoms with E-state index >= 15 is 0 Å². The van der Waals surface area contributed by atoms with Crippen LogP contribution in [0.4, 0.5) is 5.69 Å². The fourth-order valence-electron chi connectivity index (χ4n) is 3.18. The molecule has 0 fully saturated rings. The molecular formula is C22H24N2O4. The molecule has 0 aromatic heterocycles. The molecule has 3 rings (SSSR count). The van der Waals surface area contributed by atoms with Crippen molar-refractivity contribution < 1.29 is 19.1 Å². The Hall–Kier alpha value is -3.15. The van der Waals surface area contributed by atoms with E-state index in [9.17, 15) is 14.4 Å². The quantitative estimate of drug-likeness (QED) is 0.810. The number of carbonyl (C=O) groups excluding carboxylic acids is 3. The minimum absolute atomic E-state index is 0.0687. The first-order valence-electron chi connectivity index (χ1n) is 9.29. The van der Waals surface area contributed by atoms with E-state index < -0.39 is 6.10 Å². The first kappa shape index (κ1) is 19.6. The molecule has 28 heavy (non-hydrogen) atoms. The van der Waals surface area contributed by atoms with Crippen molar-refractivity contribution in [2.45, 2.75) is 32.8 Å². The third-order valence-electron chi connectivity index (χ3n) is 5.01. The maximum absolute atomic E-state index is 12.9. The smallest absolute Gasteiger partial charge is 0.262 e. The molecule has 6 nitrogen and oxygen atoms in total. The summed E-state index contributed by atoms with van der Waals surface area (Å²) in [5.41, 5.74) is 3.40. The predicted molar refractivity (Wildman–Crippen MR) is 107 cm³/mol. The van der Waals surface area contributed by atoms with E-state index in [1.54, 1.807) is 24.3 Å². The zero-order chi connectivity index (χ0) is 20.3. The molecule has 0 aliphatic carbocycles. The van der Waals surface area contributed by atoms with Crippen LogP contribution in [0.25, 0.3) is 0 Å². The van der Waals surface area contributed by atoms with Gasteiger partial charge in [-0.05, 0) is 43.2 Å². The highest BCUT2D eigenvalue weighted by Gasteiger charge is 2.33. The number of fused-ring (bicyclic) bond motifs is 1. The summed E-state index contributed by atoms with van der Waals surface area (Å²) in [4.78, 5) is 38.9. The van der Waals surface area contributed by atoms with Gasteiger partial charge in [0, 0.05) is 25.5 Å². The number of carbonyl (C=O) groups is 3. The van der Waals surface area contributed by atoms with Crippen LogP contribution in [0.15, 0.2) is 42.5 Å². The van der Waals surface area contributed by atoms with E-state index in [1.807, 2.05) is 32.0 Å². The first-order chi connectivity index (χ1) is 13.4. The molecule has 2 aromatic rings. The average Bonchev–Trinajstić information content (AvgIpc) is 2.72. The Labute approximate surface area is 164 Å². The van der Waals surface area contributed by atoms with Crippen LogP contribution in [0.3, 0.4) is 0 Å². The molecule has 0 bridgehead atoms. The Morgan fingerprint density at radius 3 is 2.54 bits per heavy atom. The molecule has 2 aromatic carbocycles. The van der Waals surface area contributed by atoms with E-state index in [4.69, 9.17) is 4.74 Å². The number of Topliss-reactive ketones (excluding diaryl/α,β-unsaturated/α-hetero) is 1. The van der Waals surface area contributed by atoms with E-state index in [1.165, 1.54) is 11.9 Å². The van der Waals surface area contributed by atoms with E-state index in [-0.39, 0.29) is 37.0 Å². The molecule has 0 unspecified atom stereocenters. The second-order valence-corrected chi connectivity index (χ2v) is 6.92. The normalized spacial score (nSPS) is 15.4. The second kappa shape index (κ2) is 8.25. The summed E-state index contributed by atoms with van der Waals surface area (Å²) >= 11 is 0. The number of ketones is 1. The number of para-hydroxylation sites is 2. The van der Waals surface area contributed by atoms with Gasteiger partial charge in [0.05, 0.1) is 12.2 Å². The van der Waals surface area contributed by atoms with Crippen molar-refractivity contribution in [3.63, 3.8) is 0 Å². The summed E-state index contributed by atoms with van der Waals surface area (Å²) in [7, 11) is 1.53. The number of amides is 2. The summed E-state index contributed by atoms with van der Waals surface area (Å²) < 4.78 is 5.71. The summed E-state index contributed by atoms with van der Waals surface area (Å²) in [6.45, 7) is 4.07. The van der Waals surface area contributed by atoms with Crippen molar-refractivity contribution >= 4 is 23.3 Å². The van der Waals surface area contributed by atoms with Crippen LogP contribution in [-0.2, 0) is 9.59 Å². The summed E-state index contributed by atoms with van der Waals surface area (Å²) in [6.07, 6.45) is -0.592. The van der Waals surface area contributed by atoms with Crippen LogP contribution in [0.5, 0.6) is 5.75 Å². The average molecular weight is 380 g/mol. The van der Waals surface area contributed by atoms with Gasteiger partial charge in [-0.15, -0.1) is 0 Å². The van der Waals surface area contributed by atoms with Gasteiger partial charge < -0.3 is 15.0 Å². The molecule has 0 radical (unpaired) electrons. The van der Waals surface area contributed by atoms with Gasteiger partial charge in [-0.3, -0.25) is 14.4 Å². The van der Waals surface area contributed by atoms with Gasteiger partial charge in [0.25, 0.3) is 5.91 Å². The van der Waals surface area contributed by atoms with Crippen molar-refractivity contribution in [1.82, 2.24) is 5.32 Å². The molecule has 6 heteroatoms. The molecular weight excluding hydrogens is 356 g/mol. The molecule has 1 aliphatic heterocycles. The standard InChI is InChI=1S/C22H24N2O4/c1-14-8-9-16(12-15(14)2)18(25)10-11-21(26)24-13-20(22(27)23-3)28-19-7-5-4-6-17(19)24/h4-9,12,20H,10-11,13H2,1-3H3,(H,23,27)/t20-/m1/s1. The number of aryl methyl sites for hydroxylation is 2. The predicted octanol–water partition coefficient (Wildman–Crippen LogP) is 2.81. The fourth-order valence-corrected chi connectivity index (χ4v) is 3.18. The van der Waals surface area contributed by atoms with Crippen LogP contribution >= 0.6 is 0 Å². The van der Waals surface area contributed by atoms with Gasteiger partial charge in [-0.25, -0.2) is 0 Å². The summed E-state index contributed by atoms with van der Waals surface area (Å²) in [6, 6.07) is 12.7. The van der Waals surface area contributed by atoms with E-state index in [0.717, 1.165) is 11.1 Å². The molecule has 1 N–H and O–H groups in total. The Morgan fingerprint density at radius 1 is 1.07 bits per heavy atom. The lowest BCUT2D eigenvalue weighted by Crippen LogP contribution is -2.50. The Morgan fingerprint density at radius 2 is 1.82 bits per heavy atom. The van der Waals surface area contributed by atoms with Crippen LogP contribution in [-0.4, -0.2) is 37.3 Å². The zero-order valence-electron chi connectivity index (χ0n) is 16.3. The van der Waals surface area contributed by atoms with E-state index in [2.05, 4.69) is 5.32 Å². The number of rotatable bonds is 5. The number of nitrogens with one attached hydrogen (secondary N) is 1. The summed E-state index contributed by atoms with van der Waals surface area (Å²) in [5.74, 6) is -0.0858. The van der Waals surface area contributed by atoms with Crippen LogP contribution in [0.1, 0.15) is 34.3 Å². The maximum atomic E-state index is 12.9. The number of hydrogen-bond acceptors (Lipinski definition) is 4. The third kappa shape index (κ3) is 4.06. The highest BCUT2D eigenvalue weighted by atomic mass is 16.5. The van der Waals surface area contributed by atoms with Gasteiger partial charge in [-0.1, -0.05) is 24.3 Å². The van der Waals surface area contributed by atoms with Crippen LogP contribution in [0.2, 0.25) is 0 Å². The number of ether oxygens (including phenoxy) is 1. The van der Waals surface area contributed by atoms with Gasteiger partial charge >= 0.3 is 0 Å². The number of likely N-dealkylation sites (N-methyl/N-ethyl adjacent to an activating group) is 1. The Kier molecular flexibility index (Phi) is 5.78. The van der Waals surface area contributed by atoms with Gasteiger partial charge in [0.2, 0.25) is 5.91 Å². The van der Waals surface area contributed by atoms with Crippen molar-refractivity contribution in [2.75, 3.05) is 18.5 Å². The molecule has 1 aliphatic rings. The van der Waals surface area contributed by atoms with Gasteiger partial charge in [0.1, 0.15) is 5.75 Å². The number of anilines is 1. The first-order valence-corrected chi connectivity index (χ1v) is 9.29. The zero-order valence-corrected chi connectivity index (χ0v) is 16.3. The number of nitrogens with zero attached hydrogens (tertiary/aromatic N) is 1. The monoisotopic (exact) mass is 380 g/mol. The Bertz CT molecular complexity index is 923. The lowest BCUT2D eigenvalue weighted by Gasteiger charge is -2.34. The number of hydrogen-bond donors (Lipinski definition) is 1. The van der Waals surface area contributed by atoms with Crippen molar-refractivity contribution in [1.29, 1.82) is 0 Å². The molecule has 0 saturated heterocycles. The highest BCUT2D eigenvalue weighted by molar-refractivity contribution is 6.02. The molecule has 0 saturated carbocycles. The highest BCUT2D eigenvalue weighted by Crippen LogP contribution is 2.33. The molecule has 146 valence electrons. The largest absolute Gasteiger partial charge is 0.477 e. The molecule has 2 amide bonds. The lowest BCUT2D eigenvalue weighted by molar-refractivity contribution is -0.127. The minimum atomic E-state index is -0.778. The number of benzene rings is 2. The molecule has 1 atom stereocenters. The molecule has 1 heterocycles. The van der Waals surface area contributed by atoms with Gasteiger partial charge in [-0.2, -0.15) is 0 Å². The van der Waals surface area contributed by atoms with E-state index in [0.29, 0.717) is 17.0 Å². The molecule has 0 spiro atoms.